The monoisotopic (exact) mass is 280 g/mol. The third-order valence-electron chi connectivity index (χ3n) is 3.58. The van der Waals surface area contributed by atoms with Gasteiger partial charge in [-0.3, -0.25) is 4.79 Å². The van der Waals surface area contributed by atoms with Gasteiger partial charge >= 0.3 is 12.0 Å². The number of rotatable bonds is 4. The van der Waals surface area contributed by atoms with Crippen molar-refractivity contribution in [1.82, 2.24) is 9.80 Å². The molecule has 1 aliphatic rings. The lowest BCUT2D eigenvalue weighted by molar-refractivity contribution is -0.138. The van der Waals surface area contributed by atoms with Crippen LogP contribution in [0.4, 0.5) is 4.79 Å². The van der Waals surface area contributed by atoms with Gasteiger partial charge in [0.05, 0.1) is 19.1 Å². The Bertz CT molecular complexity index is 458. The summed E-state index contributed by atoms with van der Waals surface area (Å²) < 4.78 is 4.98. The summed E-state index contributed by atoms with van der Waals surface area (Å²) in [5.74, 6) is -0.733. The van der Waals surface area contributed by atoms with Crippen molar-refractivity contribution in [3.63, 3.8) is 0 Å². The molecule has 110 valence electrons. The topological polar surface area (TPSA) is 74.0 Å². The minimum atomic E-state index is -0.795. The molecule has 2 rings (SSSR count). The van der Waals surface area contributed by atoms with Gasteiger partial charge in [-0.2, -0.15) is 0 Å². The van der Waals surface area contributed by atoms with Crippen molar-refractivity contribution in [1.29, 1.82) is 0 Å². The summed E-state index contributed by atoms with van der Waals surface area (Å²) >= 11 is 0. The highest BCUT2D eigenvalue weighted by atomic mass is 16.4. The number of likely N-dealkylation sites (tertiary alicyclic amines) is 1. The molecule has 6 nitrogen and oxygen atoms in total. The number of amides is 2. The van der Waals surface area contributed by atoms with Gasteiger partial charge in [0, 0.05) is 32.1 Å². The van der Waals surface area contributed by atoms with Crippen LogP contribution in [0.15, 0.2) is 23.0 Å². The standard InChI is InChI=1S/C14H20N2O4/c1-15(8-12-4-6-20-10-12)14(19)16-5-2-3-11(9-16)7-13(17)18/h4,6,10-11H,2-3,5,7-9H2,1H3,(H,17,18). The Hall–Kier alpha value is -1.98. The largest absolute Gasteiger partial charge is 0.481 e. The normalized spacial score (nSPS) is 18.9. The lowest BCUT2D eigenvalue weighted by Gasteiger charge is -2.34. The van der Waals surface area contributed by atoms with E-state index in [-0.39, 0.29) is 18.4 Å². The Morgan fingerprint density at radius 3 is 3.00 bits per heavy atom. The van der Waals surface area contributed by atoms with Crippen molar-refractivity contribution < 1.29 is 19.1 Å². The second kappa shape index (κ2) is 6.45. The molecule has 0 radical (unpaired) electrons. The number of hydrogen-bond acceptors (Lipinski definition) is 3. The van der Waals surface area contributed by atoms with Gasteiger partial charge < -0.3 is 19.3 Å². The number of carboxylic acids is 1. The molecule has 1 saturated heterocycles. The van der Waals surface area contributed by atoms with Gasteiger partial charge in [0.15, 0.2) is 0 Å². The first-order chi connectivity index (χ1) is 9.56. The fourth-order valence-corrected chi connectivity index (χ4v) is 2.62. The van der Waals surface area contributed by atoms with Gasteiger partial charge in [0.2, 0.25) is 0 Å². The molecule has 0 bridgehead atoms. The number of carboxylic acid groups (broad SMARTS) is 1. The van der Waals surface area contributed by atoms with Gasteiger partial charge in [-0.25, -0.2) is 4.79 Å². The molecule has 0 aromatic carbocycles. The Morgan fingerprint density at radius 2 is 2.35 bits per heavy atom. The highest BCUT2D eigenvalue weighted by molar-refractivity contribution is 5.74. The van der Waals surface area contributed by atoms with Crippen molar-refractivity contribution in [2.45, 2.75) is 25.8 Å². The molecule has 1 aliphatic heterocycles. The van der Waals surface area contributed by atoms with Crippen molar-refractivity contribution >= 4 is 12.0 Å². The van der Waals surface area contributed by atoms with Crippen LogP contribution in [-0.4, -0.2) is 47.0 Å². The average molecular weight is 280 g/mol. The maximum absolute atomic E-state index is 12.3. The van der Waals surface area contributed by atoms with Gasteiger partial charge in [-0.15, -0.1) is 0 Å². The molecule has 1 N–H and O–H groups in total. The minimum absolute atomic E-state index is 0.0544. The maximum atomic E-state index is 12.3. The Morgan fingerprint density at radius 1 is 1.55 bits per heavy atom. The lowest BCUT2D eigenvalue weighted by Crippen LogP contribution is -2.46. The molecular weight excluding hydrogens is 260 g/mol. The van der Waals surface area contributed by atoms with Crippen LogP contribution in [-0.2, 0) is 11.3 Å². The van der Waals surface area contributed by atoms with Crippen molar-refractivity contribution in [3.8, 4) is 0 Å². The SMILES string of the molecule is CN(Cc1ccoc1)C(=O)N1CCCC(CC(=O)O)C1. The third-order valence-corrected chi connectivity index (χ3v) is 3.58. The van der Waals surface area contributed by atoms with Gasteiger partial charge in [0.1, 0.15) is 0 Å². The maximum Gasteiger partial charge on any atom is 0.320 e. The van der Waals surface area contributed by atoms with Crippen LogP contribution >= 0.6 is 0 Å². The van der Waals surface area contributed by atoms with E-state index in [1.807, 2.05) is 6.07 Å². The van der Waals surface area contributed by atoms with E-state index in [0.717, 1.165) is 18.4 Å². The van der Waals surface area contributed by atoms with Crippen molar-refractivity contribution in [3.05, 3.63) is 24.2 Å². The van der Waals surface area contributed by atoms with Crippen molar-refractivity contribution in [2.24, 2.45) is 5.92 Å². The van der Waals surface area contributed by atoms with Crippen LogP contribution in [0, 0.1) is 5.92 Å². The molecule has 0 spiro atoms. The number of nitrogens with zero attached hydrogens (tertiary/aromatic N) is 2. The molecule has 1 aromatic heterocycles. The number of aliphatic carboxylic acids is 1. The van der Waals surface area contributed by atoms with Gasteiger partial charge in [-0.05, 0) is 24.8 Å². The first-order valence-corrected chi connectivity index (χ1v) is 6.79. The summed E-state index contributed by atoms with van der Waals surface area (Å²) in [5, 5.41) is 8.85. The zero-order valence-electron chi connectivity index (χ0n) is 11.6. The van der Waals surface area contributed by atoms with E-state index in [1.54, 1.807) is 29.4 Å². The molecule has 1 unspecified atom stereocenters. The zero-order chi connectivity index (χ0) is 14.5. The fourth-order valence-electron chi connectivity index (χ4n) is 2.62. The highest BCUT2D eigenvalue weighted by Crippen LogP contribution is 2.20. The Balaban J connectivity index is 1.89. The highest BCUT2D eigenvalue weighted by Gasteiger charge is 2.27. The quantitative estimate of drug-likeness (QED) is 0.915. The fraction of sp³-hybridized carbons (Fsp3) is 0.571. The minimum Gasteiger partial charge on any atom is -0.481 e. The summed E-state index contributed by atoms with van der Waals surface area (Å²) in [6.07, 6.45) is 5.07. The van der Waals surface area contributed by atoms with Gasteiger partial charge in [-0.1, -0.05) is 0 Å². The number of furan rings is 1. The van der Waals surface area contributed by atoms with Gasteiger partial charge in [0.25, 0.3) is 0 Å². The van der Waals surface area contributed by atoms with Crippen LogP contribution in [0.25, 0.3) is 0 Å². The number of carbonyl (C=O) groups excluding carboxylic acids is 1. The molecule has 20 heavy (non-hydrogen) atoms. The lowest BCUT2D eigenvalue weighted by atomic mass is 9.95. The average Bonchev–Trinajstić information content (AvgIpc) is 2.90. The van der Waals surface area contributed by atoms with E-state index in [0.29, 0.717) is 19.6 Å². The molecule has 6 heteroatoms. The van der Waals surface area contributed by atoms with E-state index in [9.17, 15) is 9.59 Å². The molecule has 0 aliphatic carbocycles. The van der Waals surface area contributed by atoms with Crippen LogP contribution in [0.1, 0.15) is 24.8 Å². The van der Waals surface area contributed by atoms with Crippen LogP contribution in [0.3, 0.4) is 0 Å². The van der Waals surface area contributed by atoms with E-state index >= 15 is 0 Å². The summed E-state index contributed by atoms with van der Waals surface area (Å²) in [6, 6.07) is 1.77. The molecule has 0 saturated carbocycles. The van der Waals surface area contributed by atoms with E-state index < -0.39 is 5.97 Å². The van der Waals surface area contributed by atoms with Crippen LogP contribution in [0.2, 0.25) is 0 Å². The number of piperidine rings is 1. The number of carbonyl (C=O) groups is 2. The molecule has 1 fully saturated rings. The first-order valence-electron chi connectivity index (χ1n) is 6.79. The molecule has 1 atom stereocenters. The third kappa shape index (κ3) is 3.76. The Labute approximate surface area is 118 Å². The smallest absolute Gasteiger partial charge is 0.320 e. The van der Waals surface area contributed by atoms with E-state index in [4.69, 9.17) is 9.52 Å². The number of urea groups is 1. The second-order valence-corrected chi connectivity index (χ2v) is 5.32. The van der Waals surface area contributed by atoms with Crippen molar-refractivity contribution in [2.75, 3.05) is 20.1 Å². The summed E-state index contributed by atoms with van der Waals surface area (Å²) in [5.41, 5.74) is 0.944. The second-order valence-electron chi connectivity index (χ2n) is 5.32. The first kappa shape index (κ1) is 14.4. The molecule has 2 heterocycles. The molecular formula is C14H20N2O4. The van der Waals surface area contributed by atoms with E-state index in [2.05, 4.69) is 0 Å². The Kier molecular flexibility index (Phi) is 4.65. The van der Waals surface area contributed by atoms with E-state index in [1.165, 1.54) is 0 Å². The summed E-state index contributed by atoms with van der Waals surface area (Å²) in [4.78, 5) is 26.5. The molecule has 2 amide bonds. The predicted molar refractivity (Wildman–Crippen MR) is 72.1 cm³/mol. The zero-order valence-corrected chi connectivity index (χ0v) is 11.6. The van der Waals surface area contributed by atoms with Crippen LogP contribution < -0.4 is 0 Å². The number of hydrogen-bond donors (Lipinski definition) is 1. The summed E-state index contributed by atoms with van der Waals surface area (Å²) in [7, 11) is 1.75. The predicted octanol–water partition coefficient (Wildman–Crippen LogP) is 2.02. The van der Waals surface area contributed by atoms with Crippen LogP contribution in [0.5, 0.6) is 0 Å². The summed E-state index contributed by atoms with van der Waals surface area (Å²) in [6.45, 7) is 1.72. The molecule has 1 aromatic rings.